The molecule has 0 spiro atoms. The first-order valence-electron chi connectivity index (χ1n) is 9.36. The van der Waals surface area contributed by atoms with E-state index in [0.717, 1.165) is 11.4 Å². The van der Waals surface area contributed by atoms with Gasteiger partial charge in [-0.1, -0.05) is 12.1 Å². The molecule has 1 aromatic heterocycles. The molecule has 0 aliphatic heterocycles. The van der Waals surface area contributed by atoms with Crippen LogP contribution in [0.1, 0.15) is 21.7 Å². The molecule has 0 atom stereocenters. The van der Waals surface area contributed by atoms with Crippen molar-refractivity contribution < 1.29 is 13.6 Å². The normalized spacial score (nSPS) is 11.1. The number of amides is 1. The van der Waals surface area contributed by atoms with Gasteiger partial charge in [0.05, 0.1) is 6.54 Å². The van der Waals surface area contributed by atoms with E-state index in [0.29, 0.717) is 31.7 Å². The number of nitrogens with zero attached hydrogens (tertiary/aromatic N) is 4. The highest BCUT2D eigenvalue weighted by Crippen LogP contribution is 2.13. The Morgan fingerprint density at radius 3 is 2.21 bits per heavy atom. The summed E-state index contributed by atoms with van der Waals surface area (Å²) >= 11 is 0. The van der Waals surface area contributed by atoms with Gasteiger partial charge in [-0.3, -0.25) is 4.79 Å². The molecule has 0 aliphatic rings. The Balaban J connectivity index is 1.79. The molecule has 0 radical (unpaired) electrons. The summed E-state index contributed by atoms with van der Waals surface area (Å²) in [4.78, 5) is 21.1. The van der Waals surface area contributed by atoms with Crippen LogP contribution in [0.5, 0.6) is 0 Å². The Labute approximate surface area is 169 Å². The molecule has 3 rings (SSSR count). The first kappa shape index (κ1) is 20.7. The van der Waals surface area contributed by atoms with Crippen LogP contribution in [0.4, 0.5) is 8.78 Å². The van der Waals surface area contributed by atoms with Crippen molar-refractivity contribution in [1.82, 2.24) is 19.4 Å². The molecule has 3 aromatic rings. The van der Waals surface area contributed by atoms with Crippen molar-refractivity contribution in [1.29, 1.82) is 0 Å². The lowest BCUT2D eigenvalue weighted by Crippen LogP contribution is -2.37. The van der Waals surface area contributed by atoms with Crippen LogP contribution in [0.3, 0.4) is 0 Å². The van der Waals surface area contributed by atoms with Crippen LogP contribution in [-0.4, -0.2) is 52.4 Å². The van der Waals surface area contributed by atoms with Gasteiger partial charge >= 0.3 is 0 Å². The monoisotopic (exact) mass is 398 g/mol. The second-order valence-corrected chi connectivity index (χ2v) is 7.13. The number of imidazole rings is 1. The van der Waals surface area contributed by atoms with Crippen LogP contribution in [0.2, 0.25) is 0 Å². The van der Waals surface area contributed by atoms with Gasteiger partial charge in [0.15, 0.2) is 0 Å². The summed E-state index contributed by atoms with van der Waals surface area (Å²) in [5, 5.41) is 0. The maximum Gasteiger partial charge on any atom is 0.254 e. The Bertz CT molecular complexity index is 936. The summed E-state index contributed by atoms with van der Waals surface area (Å²) in [5.74, 6) is -0.109. The maximum atomic E-state index is 13.2. The summed E-state index contributed by atoms with van der Waals surface area (Å²) in [6, 6.07) is 11.9. The third-order valence-corrected chi connectivity index (χ3v) is 4.60. The molecule has 5 nitrogen and oxygen atoms in total. The molecular weight excluding hydrogens is 374 g/mol. The quantitative estimate of drug-likeness (QED) is 0.584. The number of likely N-dealkylation sites (N-methyl/N-ethyl adjacent to an activating group) is 1. The predicted octanol–water partition coefficient (Wildman–Crippen LogP) is 3.41. The predicted molar refractivity (Wildman–Crippen MR) is 107 cm³/mol. The van der Waals surface area contributed by atoms with Crippen molar-refractivity contribution in [2.24, 2.45) is 0 Å². The Kier molecular flexibility index (Phi) is 6.72. The van der Waals surface area contributed by atoms with Gasteiger partial charge in [-0.2, -0.15) is 0 Å². The van der Waals surface area contributed by atoms with Crippen LogP contribution in [0.15, 0.2) is 60.9 Å². The fourth-order valence-corrected chi connectivity index (χ4v) is 2.94. The summed E-state index contributed by atoms with van der Waals surface area (Å²) < 4.78 is 28.3. The number of carbonyl (C=O) groups is 1. The van der Waals surface area contributed by atoms with Crippen LogP contribution in [-0.2, 0) is 13.1 Å². The van der Waals surface area contributed by atoms with Gasteiger partial charge in [0, 0.05) is 37.6 Å². The van der Waals surface area contributed by atoms with E-state index in [-0.39, 0.29) is 17.5 Å². The van der Waals surface area contributed by atoms with E-state index in [1.165, 1.54) is 36.4 Å². The Morgan fingerprint density at radius 2 is 1.59 bits per heavy atom. The first-order valence-corrected chi connectivity index (χ1v) is 9.36. The first-order chi connectivity index (χ1) is 13.9. The third kappa shape index (κ3) is 5.71. The van der Waals surface area contributed by atoms with Crippen LogP contribution < -0.4 is 0 Å². The fourth-order valence-electron chi connectivity index (χ4n) is 2.94. The average Bonchev–Trinajstić information content (AvgIpc) is 3.13. The molecule has 1 heterocycles. The molecule has 0 aliphatic carbocycles. The molecule has 152 valence electrons. The van der Waals surface area contributed by atoms with Gasteiger partial charge in [-0.25, -0.2) is 13.8 Å². The van der Waals surface area contributed by atoms with Crippen molar-refractivity contribution >= 4 is 5.91 Å². The van der Waals surface area contributed by atoms with Crippen LogP contribution in [0, 0.1) is 11.6 Å². The van der Waals surface area contributed by atoms with Crippen molar-refractivity contribution in [3.05, 3.63) is 89.5 Å². The summed E-state index contributed by atoms with van der Waals surface area (Å²) in [6.45, 7) is 2.04. The summed E-state index contributed by atoms with van der Waals surface area (Å²) in [7, 11) is 3.88. The zero-order chi connectivity index (χ0) is 20.8. The average molecular weight is 398 g/mol. The standard InChI is InChI=1S/C22H24F2N4O/c1-26(2)13-14-28(22(29)18-5-9-20(24)10-6-18)16-21-25-11-12-27(21)15-17-3-7-19(23)8-4-17/h3-12H,13-16H2,1-2H3. The zero-order valence-electron chi connectivity index (χ0n) is 16.6. The third-order valence-electron chi connectivity index (χ3n) is 4.60. The van der Waals surface area contributed by atoms with E-state index in [1.807, 2.05) is 29.8 Å². The molecule has 2 aromatic carbocycles. The number of hydrogen-bond acceptors (Lipinski definition) is 3. The molecule has 1 amide bonds. The lowest BCUT2D eigenvalue weighted by atomic mass is 10.2. The van der Waals surface area contributed by atoms with Crippen LogP contribution >= 0.6 is 0 Å². The van der Waals surface area contributed by atoms with Crippen LogP contribution in [0.25, 0.3) is 0 Å². The number of halogens is 2. The Hall–Kier alpha value is -3.06. The summed E-state index contributed by atoms with van der Waals surface area (Å²) in [6.07, 6.45) is 3.52. The number of aromatic nitrogens is 2. The molecule has 0 bridgehead atoms. The van der Waals surface area contributed by atoms with E-state index in [9.17, 15) is 13.6 Å². The second kappa shape index (κ2) is 9.43. The molecule has 0 unspecified atom stereocenters. The number of carbonyl (C=O) groups excluding carboxylic acids is 1. The molecule has 0 fully saturated rings. The van der Waals surface area contributed by atoms with Crippen molar-refractivity contribution in [2.45, 2.75) is 13.1 Å². The van der Waals surface area contributed by atoms with Gasteiger partial charge in [0.25, 0.3) is 5.91 Å². The highest BCUT2D eigenvalue weighted by molar-refractivity contribution is 5.94. The zero-order valence-corrected chi connectivity index (χ0v) is 16.6. The molecule has 0 N–H and O–H groups in total. The van der Waals surface area contributed by atoms with Gasteiger partial charge in [0.2, 0.25) is 0 Å². The van der Waals surface area contributed by atoms with Crippen molar-refractivity contribution in [3.63, 3.8) is 0 Å². The molecular formula is C22H24F2N4O. The Morgan fingerprint density at radius 1 is 0.966 bits per heavy atom. The van der Waals surface area contributed by atoms with Gasteiger partial charge in [-0.05, 0) is 56.1 Å². The number of benzene rings is 2. The lowest BCUT2D eigenvalue weighted by Gasteiger charge is -2.24. The fraction of sp³-hybridized carbons (Fsp3) is 0.273. The minimum absolute atomic E-state index is 0.178. The SMILES string of the molecule is CN(C)CCN(Cc1nccn1Cc1ccc(F)cc1)C(=O)c1ccc(F)cc1. The van der Waals surface area contributed by atoms with Gasteiger partial charge < -0.3 is 14.4 Å². The topological polar surface area (TPSA) is 41.4 Å². The summed E-state index contributed by atoms with van der Waals surface area (Å²) in [5.41, 5.74) is 1.37. The van der Waals surface area contributed by atoms with E-state index in [4.69, 9.17) is 0 Å². The smallest absolute Gasteiger partial charge is 0.254 e. The van der Waals surface area contributed by atoms with Gasteiger partial charge in [0.1, 0.15) is 17.5 Å². The van der Waals surface area contributed by atoms with E-state index >= 15 is 0 Å². The molecule has 29 heavy (non-hydrogen) atoms. The molecule has 0 saturated heterocycles. The van der Waals surface area contributed by atoms with Crippen molar-refractivity contribution in [2.75, 3.05) is 27.2 Å². The lowest BCUT2D eigenvalue weighted by molar-refractivity contribution is 0.0726. The highest BCUT2D eigenvalue weighted by Gasteiger charge is 2.19. The largest absolute Gasteiger partial charge is 0.330 e. The molecule has 7 heteroatoms. The van der Waals surface area contributed by atoms with E-state index < -0.39 is 0 Å². The highest BCUT2D eigenvalue weighted by atomic mass is 19.1. The van der Waals surface area contributed by atoms with E-state index in [2.05, 4.69) is 4.98 Å². The minimum atomic E-state index is -0.378. The number of rotatable bonds is 8. The van der Waals surface area contributed by atoms with Crippen molar-refractivity contribution in [3.8, 4) is 0 Å². The minimum Gasteiger partial charge on any atom is -0.330 e. The number of hydrogen-bond donors (Lipinski definition) is 0. The second-order valence-electron chi connectivity index (χ2n) is 7.13. The van der Waals surface area contributed by atoms with E-state index in [1.54, 1.807) is 23.2 Å². The van der Waals surface area contributed by atoms with Gasteiger partial charge in [-0.15, -0.1) is 0 Å². The molecule has 0 saturated carbocycles. The maximum absolute atomic E-state index is 13.2.